The van der Waals surface area contributed by atoms with E-state index in [2.05, 4.69) is 34.6 Å². The molecule has 0 aromatic rings. The highest BCUT2D eigenvalue weighted by molar-refractivity contribution is 5.33. The van der Waals surface area contributed by atoms with Gasteiger partial charge in [-0.05, 0) is 122 Å². The van der Waals surface area contributed by atoms with E-state index >= 15 is 0 Å². The molecule has 0 radical (unpaired) electrons. The van der Waals surface area contributed by atoms with Crippen molar-refractivity contribution in [2.24, 2.45) is 50.7 Å². The topological polar surface area (TPSA) is 377 Å². The van der Waals surface area contributed by atoms with Gasteiger partial charge in [0.15, 0.2) is 25.2 Å². The molecule has 5 saturated carbocycles. The van der Waals surface area contributed by atoms with Crippen molar-refractivity contribution in [2.45, 2.75) is 247 Å². The zero-order chi connectivity index (χ0) is 54.9. The van der Waals surface area contributed by atoms with Gasteiger partial charge in [-0.25, -0.2) is 0 Å². The Hall–Kier alpha value is -0.920. The van der Waals surface area contributed by atoms with Crippen molar-refractivity contribution in [3.05, 3.63) is 0 Å². The first kappa shape index (κ1) is 58.7. The lowest BCUT2D eigenvalue weighted by Crippen LogP contribution is -2.65. The van der Waals surface area contributed by atoms with Crippen LogP contribution in [0.3, 0.4) is 0 Å². The molecular weight excluding hydrogens is 993 g/mol. The molecule has 23 nitrogen and oxygen atoms in total. The first-order valence-electron chi connectivity index (χ1n) is 27.3. The first-order valence-corrected chi connectivity index (χ1v) is 27.3. The second kappa shape index (κ2) is 21.1. The van der Waals surface area contributed by atoms with Gasteiger partial charge in [0.2, 0.25) is 0 Å². The molecule has 75 heavy (non-hydrogen) atoms. The normalized spacial score (nSPS) is 54.5. The van der Waals surface area contributed by atoms with Crippen molar-refractivity contribution in [1.29, 1.82) is 0 Å². The summed E-state index contributed by atoms with van der Waals surface area (Å²) in [5.74, 6) is -0.705. The maximum atomic E-state index is 12.4. The third-order valence-electron chi connectivity index (χ3n) is 21.1. The second-order valence-corrected chi connectivity index (χ2v) is 25.9. The number of aliphatic hydroxyl groups excluding tert-OH is 14. The molecule has 15 N–H and O–H groups in total. The largest absolute Gasteiger partial charge is 0.394 e. The van der Waals surface area contributed by atoms with Crippen molar-refractivity contribution in [2.75, 3.05) is 26.4 Å². The molecule has 0 bridgehead atoms. The summed E-state index contributed by atoms with van der Waals surface area (Å²) in [5, 5.41) is 162. The highest BCUT2D eigenvalue weighted by Gasteiger charge is 2.85. The van der Waals surface area contributed by atoms with Gasteiger partial charge in [0.1, 0.15) is 85.5 Å². The van der Waals surface area contributed by atoms with Crippen LogP contribution in [0.15, 0.2) is 0 Å². The molecule has 23 heteroatoms. The summed E-state index contributed by atoms with van der Waals surface area (Å²) in [5.41, 5.74) is -3.76. The standard InChI is InChI=1S/C52H88O23/c1-21(8-9-30(48(4,5)67)74-45-40(66)37(63)35(61)27(17-54)72-45)31-22(55)15-50(7)28-14-25(70-44-39(65)36(62)34(60)26(16-53)71-44)42-47(2,3)29(10-11-52(42)20-51(28,52)13-12-49(31,50)6)73-46-41(33(59)24(57)19-69-46)75-43-38(64)32(58)23(56)18-68-43/h21-46,53-67H,8-20H2,1-7H3. The van der Waals surface area contributed by atoms with E-state index in [-0.39, 0.29) is 54.1 Å². The highest BCUT2D eigenvalue weighted by Crippen LogP contribution is 2.89. The van der Waals surface area contributed by atoms with Crippen LogP contribution in [0.2, 0.25) is 0 Å². The summed E-state index contributed by atoms with van der Waals surface area (Å²) in [4.78, 5) is 0. The van der Waals surface area contributed by atoms with Gasteiger partial charge in [-0.2, -0.15) is 0 Å². The van der Waals surface area contributed by atoms with E-state index in [1.165, 1.54) is 0 Å². The fraction of sp³-hybridized carbons (Fsp3) is 1.00. The molecule has 0 amide bonds. The number of rotatable bonds is 15. The van der Waals surface area contributed by atoms with Gasteiger partial charge in [0.05, 0.1) is 56.4 Å². The molecule has 0 aromatic heterocycles. The third kappa shape index (κ3) is 9.60. The smallest absolute Gasteiger partial charge is 0.187 e. The average Bonchev–Trinajstić information content (AvgIpc) is 4.10. The minimum atomic E-state index is -1.70. The van der Waals surface area contributed by atoms with Crippen LogP contribution < -0.4 is 0 Å². The molecule has 434 valence electrons. The van der Waals surface area contributed by atoms with Crippen LogP contribution in [0, 0.1) is 50.7 Å². The van der Waals surface area contributed by atoms with Crippen molar-refractivity contribution in [3.8, 4) is 0 Å². The predicted octanol–water partition coefficient (Wildman–Crippen LogP) is -3.15. The van der Waals surface area contributed by atoms with E-state index in [0.29, 0.717) is 32.1 Å². The van der Waals surface area contributed by atoms with Crippen molar-refractivity contribution < 1.29 is 114 Å². The quantitative estimate of drug-likeness (QED) is 0.0720. The molecular formula is C52H88O23. The van der Waals surface area contributed by atoms with E-state index in [0.717, 1.165) is 19.3 Å². The van der Waals surface area contributed by atoms with E-state index in [4.69, 9.17) is 37.9 Å². The SMILES string of the molecule is CC(CCC(OC1OC(CO)C(O)C(O)C1O)C(C)(C)O)C1C(O)CC2(C)C3CC(OC4OC(CO)C(O)C(O)C4O)C4C(C)(C)C(OC5OCC(O)C(O)C5OC5OCC(O)C(O)C5O)CCC45CC35CCC12C. The molecule has 5 aliphatic carbocycles. The lowest BCUT2D eigenvalue weighted by atomic mass is 9.41. The van der Waals surface area contributed by atoms with Gasteiger partial charge in [-0.15, -0.1) is 0 Å². The van der Waals surface area contributed by atoms with Gasteiger partial charge in [-0.3, -0.25) is 0 Å². The molecule has 4 heterocycles. The Morgan fingerprint density at radius 2 is 1.16 bits per heavy atom. The second-order valence-electron chi connectivity index (χ2n) is 25.9. The summed E-state index contributed by atoms with van der Waals surface area (Å²) < 4.78 is 49.2. The highest BCUT2D eigenvalue weighted by atomic mass is 16.8. The zero-order valence-corrected chi connectivity index (χ0v) is 44.2. The maximum Gasteiger partial charge on any atom is 0.187 e. The van der Waals surface area contributed by atoms with Crippen LogP contribution in [0.5, 0.6) is 0 Å². The third-order valence-corrected chi connectivity index (χ3v) is 21.1. The minimum Gasteiger partial charge on any atom is -0.394 e. The Morgan fingerprint density at radius 1 is 0.587 bits per heavy atom. The Bertz CT molecular complexity index is 1960. The molecule has 30 atom stereocenters. The first-order chi connectivity index (χ1) is 35.0. The molecule has 9 rings (SSSR count). The van der Waals surface area contributed by atoms with E-state index in [9.17, 15) is 76.6 Å². The van der Waals surface area contributed by atoms with Crippen LogP contribution in [-0.4, -0.2) is 244 Å². The molecule has 4 saturated heterocycles. The zero-order valence-electron chi connectivity index (χ0n) is 44.2. The minimum absolute atomic E-state index is 0.0412. The lowest BCUT2D eigenvalue weighted by molar-refractivity contribution is -0.360. The van der Waals surface area contributed by atoms with Crippen LogP contribution >= 0.6 is 0 Å². The molecule has 9 fully saturated rings. The van der Waals surface area contributed by atoms with Crippen molar-refractivity contribution >= 4 is 0 Å². The van der Waals surface area contributed by atoms with Crippen LogP contribution in [0.4, 0.5) is 0 Å². The Morgan fingerprint density at radius 3 is 1.77 bits per heavy atom. The van der Waals surface area contributed by atoms with Crippen molar-refractivity contribution in [1.82, 2.24) is 0 Å². The molecule has 30 unspecified atom stereocenters. The van der Waals surface area contributed by atoms with Crippen LogP contribution in [0.1, 0.15) is 106 Å². The number of fused-ring (bicyclic) bond motifs is 2. The van der Waals surface area contributed by atoms with Gasteiger partial charge in [0, 0.05) is 0 Å². The number of ether oxygens (including phenoxy) is 8. The Kier molecular flexibility index (Phi) is 16.5. The summed E-state index contributed by atoms with van der Waals surface area (Å²) in [6, 6.07) is 0. The monoisotopic (exact) mass is 1080 g/mol. The van der Waals surface area contributed by atoms with Crippen molar-refractivity contribution in [3.63, 3.8) is 0 Å². The predicted molar refractivity (Wildman–Crippen MR) is 255 cm³/mol. The fourth-order valence-corrected chi connectivity index (χ4v) is 17.0. The van der Waals surface area contributed by atoms with Crippen LogP contribution in [-0.2, 0) is 37.9 Å². The molecule has 9 aliphatic rings. The van der Waals surface area contributed by atoms with Gasteiger partial charge in [-0.1, -0.05) is 34.6 Å². The fourth-order valence-electron chi connectivity index (χ4n) is 17.0. The summed E-state index contributed by atoms with van der Waals surface area (Å²) in [7, 11) is 0. The lowest BCUT2D eigenvalue weighted by Gasteiger charge is -2.65. The van der Waals surface area contributed by atoms with E-state index in [1.807, 2.05) is 0 Å². The Balaban J connectivity index is 0.987. The van der Waals surface area contributed by atoms with Gasteiger partial charge in [0.25, 0.3) is 0 Å². The maximum absolute atomic E-state index is 12.4. The molecule has 4 aliphatic heterocycles. The Labute approximate surface area is 437 Å². The van der Waals surface area contributed by atoms with Crippen LogP contribution in [0.25, 0.3) is 0 Å². The summed E-state index contributed by atoms with van der Waals surface area (Å²) >= 11 is 0. The number of hydrogen-bond acceptors (Lipinski definition) is 23. The molecule has 2 spiro atoms. The van der Waals surface area contributed by atoms with Gasteiger partial charge >= 0.3 is 0 Å². The molecule has 0 aromatic carbocycles. The van der Waals surface area contributed by atoms with Gasteiger partial charge < -0.3 is 114 Å². The average molecular weight is 1080 g/mol. The number of aliphatic hydroxyl groups is 15. The summed E-state index contributed by atoms with van der Waals surface area (Å²) in [6.07, 6.45) is -24.9. The van der Waals surface area contributed by atoms with E-state index in [1.54, 1.807) is 13.8 Å². The summed E-state index contributed by atoms with van der Waals surface area (Å²) in [6.45, 7) is 11.9. The number of hydrogen-bond donors (Lipinski definition) is 15. The van der Waals surface area contributed by atoms with E-state index < -0.39 is 170 Å².